The van der Waals surface area contributed by atoms with E-state index in [9.17, 15) is 18.0 Å². The number of amides is 1. The van der Waals surface area contributed by atoms with Crippen LogP contribution in [0, 0.1) is 0 Å². The summed E-state index contributed by atoms with van der Waals surface area (Å²) in [6.45, 7) is 4.31. The zero-order chi connectivity index (χ0) is 25.0. The second-order valence-corrected chi connectivity index (χ2v) is 10.2. The van der Waals surface area contributed by atoms with Crippen LogP contribution in [-0.2, 0) is 21.2 Å². The molecule has 4 rings (SSSR count). The Bertz CT molecular complexity index is 1320. The van der Waals surface area contributed by atoms with Crippen molar-refractivity contribution >= 4 is 33.3 Å². The predicted octanol–water partition coefficient (Wildman–Crippen LogP) is 5.04. The van der Waals surface area contributed by atoms with Gasteiger partial charge in [-0.2, -0.15) is 0 Å². The van der Waals surface area contributed by atoms with Crippen LogP contribution >= 0.6 is 0 Å². The Morgan fingerprint density at radius 1 is 1.00 bits per heavy atom. The van der Waals surface area contributed by atoms with Gasteiger partial charge in [-0.05, 0) is 79.9 Å². The van der Waals surface area contributed by atoms with Crippen molar-refractivity contribution in [3.8, 4) is 0 Å². The van der Waals surface area contributed by atoms with E-state index in [4.69, 9.17) is 4.74 Å². The Morgan fingerprint density at radius 3 is 2.40 bits per heavy atom. The molecule has 3 aromatic rings. The van der Waals surface area contributed by atoms with Gasteiger partial charge < -0.3 is 9.64 Å². The Morgan fingerprint density at radius 2 is 1.71 bits per heavy atom. The zero-order valence-electron chi connectivity index (χ0n) is 19.7. The summed E-state index contributed by atoms with van der Waals surface area (Å²) < 4.78 is 33.8. The minimum Gasteiger partial charge on any atom is -0.462 e. The third kappa shape index (κ3) is 5.38. The number of benzene rings is 3. The lowest BCUT2D eigenvalue weighted by molar-refractivity contribution is 0.0499. The van der Waals surface area contributed by atoms with E-state index in [1.54, 1.807) is 29.2 Å². The number of ether oxygens (including phenoxy) is 1. The third-order valence-electron chi connectivity index (χ3n) is 5.92. The summed E-state index contributed by atoms with van der Waals surface area (Å²) >= 11 is 0. The van der Waals surface area contributed by atoms with Crippen LogP contribution in [0.3, 0.4) is 0 Å². The summed E-state index contributed by atoms with van der Waals surface area (Å²) in [5.41, 5.74) is 2.80. The number of esters is 1. The highest BCUT2D eigenvalue weighted by Gasteiger charge is 2.32. The molecule has 0 saturated heterocycles. The van der Waals surface area contributed by atoms with Crippen molar-refractivity contribution in [1.82, 2.24) is 0 Å². The van der Waals surface area contributed by atoms with Gasteiger partial charge in [-0.3, -0.25) is 9.52 Å². The number of sulfonamides is 1. The summed E-state index contributed by atoms with van der Waals surface area (Å²) in [4.78, 5) is 26.9. The Kier molecular flexibility index (Phi) is 7.21. The van der Waals surface area contributed by atoms with Crippen molar-refractivity contribution in [2.75, 3.05) is 16.2 Å². The van der Waals surface area contributed by atoms with Crippen molar-refractivity contribution in [3.63, 3.8) is 0 Å². The first kappa shape index (κ1) is 24.5. The molecule has 0 aromatic heterocycles. The number of nitrogens with one attached hydrogen (secondary N) is 1. The van der Waals surface area contributed by atoms with Crippen LogP contribution < -0.4 is 9.62 Å². The molecule has 0 saturated carbocycles. The maximum atomic E-state index is 13.1. The van der Waals surface area contributed by atoms with E-state index in [1.165, 1.54) is 30.3 Å². The predicted molar refractivity (Wildman–Crippen MR) is 135 cm³/mol. The SMILES string of the molecule is CCCCOC(=O)c1ccc(NS(=O)(=O)c2ccc3c(c2)C[C@H](C)N3C(=O)c2ccccc2)cc1. The number of hydrogen-bond donors (Lipinski definition) is 1. The molecule has 8 heteroatoms. The number of carbonyl (C=O) groups excluding carboxylic acids is 2. The molecule has 0 radical (unpaired) electrons. The molecule has 1 aliphatic rings. The Labute approximate surface area is 205 Å². The maximum Gasteiger partial charge on any atom is 0.338 e. The molecular formula is C27H28N2O5S. The zero-order valence-corrected chi connectivity index (χ0v) is 20.5. The highest BCUT2D eigenvalue weighted by molar-refractivity contribution is 7.92. The third-order valence-corrected chi connectivity index (χ3v) is 7.30. The van der Waals surface area contributed by atoms with Gasteiger partial charge in [0.25, 0.3) is 15.9 Å². The molecule has 0 bridgehead atoms. The number of rotatable bonds is 8. The minimum atomic E-state index is -3.86. The van der Waals surface area contributed by atoms with Gasteiger partial charge in [-0.1, -0.05) is 31.5 Å². The molecule has 0 aliphatic carbocycles. The van der Waals surface area contributed by atoms with E-state index in [0.29, 0.717) is 29.8 Å². The van der Waals surface area contributed by atoms with Crippen LogP contribution in [0.2, 0.25) is 0 Å². The van der Waals surface area contributed by atoms with E-state index >= 15 is 0 Å². The molecule has 0 spiro atoms. The van der Waals surface area contributed by atoms with E-state index in [2.05, 4.69) is 4.72 Å². The average Bonchev–Trinajstić information content (AvgIpc) is 3.19. The normalized spacial score (nSPS) is 14.9. The van der Waals surface area contributed by atoms with Gasteiger partial charge in [0.05, 0.1) is 17.1 Å². The second-order valence-electron chi connectivity index (χ2n) is 8.56. The summed E-state index contributed by atoms with van der Waals surface area (Å²) in [6, 6.07) is 19.9. The molecule has 35 heavy (non-hydrogen) atoms. The van der Waals surface area contributed by atoms with E-state index in [1.807, 2.05) is 32.0 Å². The highest BCUT2D eigenvalue weighted by Crippen LogP contribution is 2.35. The average molecular weight is 493 g/mol. The first-order chi connectivity index (χ1) is 16.8. The molecule has 182 valence electrons. The lowest BCUT2D eigenvalue weighted by Crippen LogP contribution is -2.35. The lowest BCUT2D eigenvalue weighted by Gasteiger charge is -2.23. The molecule has 1 atom stereocenters. The first-order valence-electron chi connectivity index (χ1n) is 11.6. The van der Waals surface area contributed by atoms with Crippen LogP contribution in [0.15, 0.2) is 77.7 Å². The standard InChI is InChI=1S/C27H28N2O5S/c1-3-4-16-34-27(31)21-10-12-23(13-11-21)28-35(32,33)24-14-15-25-22(18-24)17-19(2)29(25)26(30)20-8-6-5-7-9-20/h5-15,18-19,28H,3-4,16-17H2,1-2H3/t19-/m0/s1. The van der Waals surface area contributed by atoms with E-state index < -0.39 is 16.0 Å². The van der Waals surface area contributed by atoms with E-state index in [0.717, 1.165) is 24.1 Å². The number of unbranched alkanes of at least 4 members (excludes halogenated alkanes) is 1. The van der Waals surface area contributed by atoms with Crippen LogP contribution in [0.25, 0.3) is 0 Å². The summed E-state index contributed by atoms with van der Waals surface area (Å²) in [5, 5.41) is 0. The smallest absolute Gasteiger partial charge is 0.338 e. The quantitative estimate of drug-likeness (QED) is 0.351. The fourth-order valence-corrected chi connectivity index (χ4v) is 5.19. The minimum absolute atomic E-state index is 0.0896. The molecule has 7 nitrogen and oxygen atoms in total. The van der Waals surface area contributed by atoms with Gasteiger partial charge >= 0.3 is 5.97 Å². The van der Waals surface area contributed by atoms with Crippen LogP contribution in [-0.4, -0.2) is 32.9 Å². The number of fused-ring (bicyclic) bond motifs is 1. The monoisotopic (exact) mass is 492 g/mol. The molecule has 1 heterocycles. The van der Waals surface area contributed by atoms with Gasteiger partial charge in [-0.25, -0.2) is 13.2 Å². The van der Waals surface area contributed by atoms with Crippen molar-refractivity contribution < 1.29 is 22.7 Å². The van der Waals surface area contributed by atoms with Crippen LogP contribution in [0.1, 0.15) is 53.0 Å². The fourth-order valence-electron chi connectivity index (χ4n) is 4.08. The second kappa shape index (κ2) is 10.3. The molecule has 1 aliphatic heterocycles. The van der Waals surface area contributed by atoms with Gasteiger partial charge in [0.1, 0.15) is 0 Å². The van der Waals surface area contributed by atoms with Crippen molar-refractivity contribution in [3.05, 3.63) is 89.5 Å². The van der Waals surface area contributed by atoms with Crippen molar-refractivity contribution in [2.45, 2.75) is 44.0 Å². The van der Waals surface area contributed by atoms with Gasteiger partial charge in [0, 0.05) is 23.0 Å². The van der Waals surface area contributed by atoms with Gasteiger partial charge in [-0.15, -0.1) is 0 Å². The molecule has 0 fully saturated rings. The molecular weight excluding hydrogens is 464 g/mol. The summed E-state index contributed by atoms with van der Waals surface area (Å²) in [5.74, 6) is -0.547. The fraction of sp³-hybridized carbons (Fsp3) is 0.259. The van der Waals surface area contributed by atoms with Crippen LogP contribution in [0.5, 0.6) is 0 Å². The molecule has 1 N–H and O–H groups in total. The number of nitrogens with zero attached hydrogens (tertiary/aromatic N) is 1. The molecule has 3 aromatic carbocycles. The van der Waals surface area contributed by atoms with Crippen LogP contribution in [0.4, 0.5) is 11.4 Å². The number of anilines is 2. The van der Waals surface area contributed by atoms with E-state index in [-0.39, 0.29) is 16.8 Å². The highest BCUT2D eigenvalue weighted by atomic mass is 32.2. The summed E-state index contributed by atoms with van der Waals surface area (Å²) in [7, 11) is -3.86. The van der Waals surface area contributed by atoms with Crippen molar-refractivity contribution in [2.24, 2.45) is 0 Å². The van der Waals surface area contributed by atoms with Gasteiger partial charge in [0.2, 0.25) is 0 Å². The topological polar surface area (TPSA) is 92.8 Å². The Hall–Kier alpha value is -3.65. The Balaban J connectivity index is 1.49. The lowest BCUT2D eigenvalue weighted by atomic mass is 10.1. The molecule has 0 unspecified atom stereocenters. The van der Waals surface area contributed by atoms with Crippen molar-refractivity contribution in [1.29, 1.82) is 0 Å². The van der Waals surface area contributed by atoms with Gasteiger partial charge in [0.15, 0.2) is 0 Å². The molecule has 1 amide bonds. The summed E-state index contributed by atoms with van der Waals surface area (Å²) in [6.07, 6.45) is 2.28. The number of carbonyl (C=O) groups is 2. The largest absolute Gasteiger partial charge is 0.462 e. The number of hydrogen-bond acceptors (Lipinski definition) is 5. The maximum absolute atomic E-state index is 13.1. The first-order valence-corrected chi connectivity index (χ1v) is 13.1.